The minimum atomic E-state index is -1.31. The van der Waals surface area contributed by atoms with Crippen LogP contribution in [0.15, 0.2) is 35.2 Å². The summed E-state index contributed by atoms with van der Waals surface area (Å²) in [5, 5.41) is 0. The SMILES string of the molecule is CC[S@@](=O)c1ccccc1C(=O)OCC(=O)c1cc(C)n(CCC(=O)OC)c1C. The third kappa shape index (κ3) is 5.41. The lowest BCUT2D eigenvalue weighted by atomic mass is 10.1. The summed E-state index contributed by atoms with van der Waals surface area (Å²) in [5.74, 6) is -0.983. The summed E-state index contributed by atoms with van der Waals surface area (Å²) in [4.78, 5) is 36.8. The number of rotatable bonds is 9. The molecule has 1 atom stereocenters. The molecule has 29 heavy (non-hydrogen) atoms. The van der Waals surface area contributed by atoms with Crippen molar-refractivity contribution in [1.29, 1.82) is 0 Å². The number of carbonyl (C=O) groups excluding carboxylic acids is 3. The molecule has 0 aliphatic carbocycles. The second-order valence-corrected chi connectivity index (χ2v) is 8.10. The summed E-state index contributed by atoms with van der Waals surface area (Å²) in [6, 6.07) is 8.22. The number of hydrogen-bond acceptors (Lipinski definition) is 6. The number of esters is 2. The second-order valence-electron chi connectivity index (χ2n) is 6.39. The average molecular weight is 419 g/mol. The van der Waals surface area contributed by atoms with E-state index in [-0.39, 0.29) is 23.7 Å². The highest BCUT2D eigenvalue weighted by Crippen LogP contribution is 2.18. The van der Waals surface area contributed by atoms with Crippen molar-refractivity contribution in [3.8, 4) is 0 Å². The largest absolute Gasteiger partial charge is 0.469 e. The molecule has 0 saturated heterocycles. The van der Waals surface area contributed by atoms with E-state index in [0.29, 0.717) is 28.5 Å². The Morgan fingerprint density at radius 2 is 1.79 bits per heavy atom. The third-order valence-corrected chi connectivity index (χ3v) is 5.96. The molecular weight excluding hydrogens is 394 g/mol. The van der Waals surface area contributed by atoms with Crippen molar-refractivity contribution in [2.24, 2.45) is 0 Å². The molecule has 1 aromatic carbocycles. The van der Waals surface area contributed by atoms with Crippen molar-refractivity contribution in [2.45, 2.75) is 38.6 Å². The Morgan fingerprint density at radius 1 is 1.10 bits per heavy atom. The van der Waals surface area contributed by atoms with Gasteiger partial charge in [0.2, 0.25) is 5.78 Å². The van der Waals surface area contributed by atoms with Gasteiger partial charge in [0.25, 0.3) is 0 Å². The highest BCUT2D eigenvalue weighted by atomic mass is 32.2. The van der Waals surface area contributed by atoms with Gasteiger partial charge in [0, 0.05) is 29.2 Å². The zero-order chi connectivity index (χ0) is 21.6. The lowest BCUT2D eigenvalue weighted by molar-refractivity contribution is -0.140. The summed E-state index contributed by atoms with van der Waals surface area (Å²) < 4.78 is 23.8. The molecule has 0 saturated carbocycles. The zero-order valence-electron chi connectivity index (χ0n) is 17.0. The Hall–Kier alpha value is -2.74. The van der Waals surface area contributed by atoms with E-state index in [9.17, 15) is 18.6 Å². The van der Waals surface area contributed by atoms with Crippen molar-refractivity contribution in [2.75, 3.05) is 19.5 Å². The molecule has 156 valence electrons. The first-order valence-corrected chi connectivity index (χ1v) is 10.5. The van der Waals surface area contributed by atoms with E-state index in [1.807, 2.05) is 11.5 Å². The van der Waals surface area contributed by atoms with Crippen LogP contribution < -0.4 is 0 Å². The molecular formula is C21H25NO6S. The summed E-state index contributed by atoms with van der Waals surface area (Å²) in [6.07, 6.45) is 0.195. The van der Waals surface area contributed by atoms with E-state index < -0.39 is 23.4 Å². The Kier molecular flexibility index (Phi) is 7.90. The number of Topliss-reactive ketones (excluding diaryl/α,β-unsaturated/α-hetero) is 1. The Morgan fingerprint density at radius 3 is 2.45 bits per heavy atom. The molecule has 0 aliphatic heterocycles. The van der Waals surface area contributed by atoms with Gasteiger partial charge in [-0.25, -0.2) is 4.79 Å². The van der Waals surface area contributed by atoms with Crippen LogP contribution in [0.1, 0.15) is 45.4 Å². The van der Waals surface area contributed by atoms with Crippen molar-refractivity contribution < 1.29 is 28.1 Å². The quantitative estimate of drug-likeness (QED) is 0.458. The average Bonchev–Trinajstić information content (AvgIpc) is 3.02. The van der Waals surface area contributed by atoms with Crippen molar-refractivity contribution in [1.82, 2.24) is 4.57 Å². The highest BCUT2D eigenvalue weighted by molar-refractivity contribution is 7.85. The second kappa shape index (κ2) is 10.2. The van der Waals surface area contributed by atoms with Crippen LogP contribution in [0.3, 0.4) is 0 Å². The number of benzene rings is 1. The van der Waals surface area contributed by atoms with E-state index >= 15 is 0 Å². The number of carbonyl (C=O) groups is 3. The van der Waals surface area contributed by atoms with Crippen molar-refractivity contribution in [3.63, 3.8) is 0 Å². The van der Waals surface area contributed by atoms with E-state index in [4.69, 9.17) is 4.74 Å². The first-order valence-electron chi connectivity index (χ1n) is 9.21. The number of ketones is 1. The summed E-state index contributed by atoms with van der Waals surface area (Å²) in [7, 11) is 0.0183. The normalized spacial score (nSPS) is 11.7. The minimum Gasteiger partial charge on any atom is -0.469 e. The predicted molar refractivity (Wildman–Crippen MR) is 109 cm³/mol. The monoisotopic (exact) mass is 419 g/mol. The van der Waals surface area contributed by atoms with Gasteiger partial charge in [0.1, 0.15) is 0 Å². The minimum absolute atomic E-state index is 0.195. The molecule has 2 aromatic rings. The lowest BCUT2D eigenvalue weighted by Crippen LogP contribution is -2.17. The number of aryl methyl sites for hydroxylation is 1. The fourth-order valence-corrected chi connectivity index (χ4v) is 3.95. The molecule has 0 unspecified atom stereocenters. The summed E-state index contributed by atoms with van der Waals surface area (Å²) in [5.41, 5.74) is 2.15. The molecule has 0 amide bonds. The molecule has 2 rings (SSSR count). The lowest BCUT2D eigenvalue weighted by Gasteiger charge is -2.10. The van der Waals surface area contributed by atoms with Crippen LogP contribution in [0, 0.1) is 13.8 Å². The fourth-order valence-electron chi connectivity index (χ4n) is 3.01. The van der Waals surface area contributed by atoms with Gasteiger partial charge in [-0.05, 0) is 32.0 Å². The van der Waals surface area contributed by atoms with Crippen molar-refractivity contribution >= 4 is 28.5 Å². The highest BCUT2D eigenvalue weighted by Gasteiger charge is 2.20. The molecule has 8 heteroatoms. The topological polar surface area (TPSA) is 91.7 Å². The number of nitrogens with zero attached hydrogens (tertiary/aromatic N) is 1. The number of hydrogen-bond donors (Lipinski definition) is 0. The maximum absolute atomic E-state index is 12.6. The Balaban J connectivity index is 2.09. The van der Waals surface area contributed by atoms with Crippen LogP contribution in [0.25, 0.3) is 0 Å². The molecule has 0 N–H and O–H groups in total. The number of methoxy groups -OCH3 is 1. The van der Waals surface area contributed by atoms with Gasteiger partial charge in [-0.15, -0.1) is 0 Å². The zero-order valence-corrected chi connectivity index (χ0v) is 17.8. The van der Waals surface area contributed by atoms with Gasteiger partial charge in [-0.1, -0.05) is 19.1 Å². The van der Waals surface area contributed by atoms with E-state index in [2.05, 4.69) is 4.74 Å². The van der Waals surface area contributed by atoms with Crippen molar-refractivity contribution in [3.05, 3.63) is 52.8 Å². The Labute approximate surface area is 172 Å². The van der Waals surface area contributed by atoms with Crippen LogP contribution in [0.5, 0.6) is 0 Å². The first kappa shape index (κ1) is 22.5. The Bertz CT molecular complexity index is 947. The molecule has 1 heterocycles. The molecule has 0 aliphatic rings. The molecule has 0 bridgehead atoms. The van der Waals surface area contributed by atoms with Gasteiger partial charge in [0.15, 0.2) is 6.61 Å². The maximum atomic E-state index is 12.6. The van der Waals surface area contributed by atoms with Crippen LogP contribution in [-0.2, 0) is 31.6 Å². The fraction of sp³-hybridized carbons (Fsp3) is 0.381. The smallest absolute Gasteiger partial charge is 0.339 e. The molecule has 1 aromatic heterocycles. The van der Waals surface area contributed by atoms with Crippen LogP contribution in [0.4, 0.5) is 0 Å². The molecule has 0 radical (unpaired) electrons. The molecule has 0 spiro atoms. The van der Waals surface area contributed by atoms with Gasteiger partial charge in [-0.3, -0.25) is 13.8 Å². The van der Waals surface area contributed by atoms with E-state index in [0.717, 1.165) is 5.69 Å². The molecule has 7 nitrogen and oxygen atoms in total. The maximum Gasteiger partial charge on any atom is 0.339 e. The molecule has 0 fully saturated rings. The standard InChI is InChI=1S/C21H25NO6S/c1-5-29(26)19-9-7-6-8-16(19)21(25)28-13-18(23)17-12-14(2)22(15(17)3)11-10-20(24)27-4/h6-9,12H,5,10-11,13H2,1-4H3/t29-/m1/s1. The number of ether oxygens (including phenoxy) is 2. The van der Waals surface area contributed by atoms with Gasteiger partial charge < -0.3 is 14.0 Å². The van der Waals surface area contributed by atoms with Gasteiger partial charge in [-0.2, -0.15) is 0 Å². The van der Waals surface area contributed by atoms with Gasteiger partial charge >= 0.3 is 11.9 Å². The third-order valence-electron chi connectivity index (χ3n) is 4.59. The van der Waals surface area contributed by atoms with E-state index in [1.165, 1.54) is 13.2 Å². The predicted octanol–water partition coefficient (Wildman–Crippen LogP) is 2.84. The van der Waals surface area contributed by atoms with E-state index in [1.54, 1.807) is 38.1 Å². The summed E-state index contributed by atoms with van der Waals surface area (Å²) in [6.45, 7) is 5.35. The van der Waals surface area contributed by atoms with Crippen LogP contribution in [0.2, 0.25) is 0 Å². The van der Waals surface area contributed by atoms with Crippen LogP contribution >= 0.6 is 0 Å². The summed E-state index contributed by atoms with van der Waals surface area (Å²) >= 11 is 0. The van der Waals surface area contributed by atoms with Crippen LogP contribution in [-0.4, -0.2) is 46.0 Å². The number of aromatic nitrogens is 1. The first-order chi connectivity index (χ1) is 13.8. The van der Waals surface area contributed by atoms with Gasteiger partial charge in [0.05, 0.1) is 34.8 Å².